The molecular weight excluding hydrogens is 242 g/mol. The summed E-state index contributed by atoms with van der Waals surface area (Å²) in [5.41, 5.74) is 0.502. The van der Waals surface area contributed by atoms with Crippen LogP contribution < -0.4 is 0 Å². The van der Waals surface area contributed by atoms with Gasteiger partial charge >= 0.3 is 0 Å². The number of phenols is 1. The van der Waals surface area contributed by atoms with Crippen molar-refractivity contribution < 1.29 is 14.7 Å². The van der Waals surface area contributed by atoms with Gasteiger partial charge in [0.25, 0.3) is 11.8 Å². The molecule has 90 valence electrons. The quantitative estimate of drug-likeness (QED) is 0.842. The maximum atomic E-state index is 11.9. The number of nitrogens with zero attached hydrogens (tertiary/aromatic N) is 1. The normalized spacial score (nSPS) is 14.4. The van der Waals surface area contributed by atoms with Crippen LogP contribution in [-0.4, -0.2) is 28.4 Å². The first-order valence-electron chi connectivity index (χ1n) is 5.45. The van der Waals surface area contributed by atoms with Crippen LogP contribution >= 0.6 is 11.6 Å². The SMILES string of the molecule is CCCCN1C(=O)c2cc(O)c(Cl)cc2C1=O. The van der Waals surface area contributed by atoms with E-state index in [1.54, 1.807) is 0 Å². The lowest BCUT2D eigenvalue weighted by Crippen LogP contribution is -2.30. The van der Waals surface area contributed by atoms with E-state index in [2.05, 4.69) is 0 Å². The molecule has 0 saturated carbocycles. The van der Waals surface area contributed by atoms with Crippen LogP contribution in [-0.2, 0) is 0 Å². The standard InChI is InChI=1S/C12H12ClNO3/c1-2-3-4-14-11(16)7-5-9(13)10(15)6-8(7)12(14)17/h5-6,15H,2-4H2,1H3. The highest BCUT2D eigenvalue weighted by Crippen LogP contribution is 2.32. The lowest BCUT2D eigenvalue weighted by atomic mass is 10.1. The Morgan fingerprint density at radius 3 is 2.41 bits per heavy atom. The van der Waals surface area contributed by atoms with Gasteiger partial charge in [0.1, 0.15) is 5.75 Å². The second kappa shape index (κ2) is 4.37. The van der Waals surface area contributed by atoms with Crippen LogP contribution in [0.4, 0.5) is 0 Å². The van der Waals surface area contributed by atoms with Crippen molar-refractivity contribution in [2.24, 2.45) is 0 Å². The molecule has 4 nitrogen and oxygen atoms in total. The van der Waals surface area contributed by atoms with E-state index in [0.717, 1.165) is 12.8 Å². The fourth-order valence-electron chi connectivity index (χ4n) is 1.82. The van der Waals surface area contributed by atoms with Gasteiger partial charge in [0.05, 0.1) is 16.1 Å². The lowest BCUT2D eigenvalue weighted by Gasteiger charge is -2.12. The number of carbonyl (C=O) groups is 2. The highest BCUT2D eigenvalue weighted by atomic mass is 35.5. The van der Waals surface area contributed by atoms with Crippen molar-refractivity contribution in [3.8, 4) is 5.75 Å². The summed E-state index contributed by atoms with van der Waals surface area (Å²) in [4.78, 5) is 25.1. The minimum absolute atomic E-state index is 0.0854. The molecule has 1 heterocycles. The number of phenolic OH excluding ortho intramolecular Hbond substituents is 1. The van der Waals surface area contributed by atoms with E-state index in [9.17, 15) is 14.7 Å². The molecule has 0 spiro atoms. The van der Waals surface area contributed by atoms with E-state index in [1.165, 1.54) is 17.0 Å². The minimum Gasteiger partial charge on any atom is -0.506 e. The zero-order valence-corrected chi connectivity index (χ0v) is 10.1. The molecule has 0 saturated heterocycles. The largest absolute Gasteiger partial charge is 0.506 e. The van der Waals surface area contributed by atoms with Crippen LogP contribution in [0.3, 0.4) is 0 Å². The van der Waals surface area contributed by atoms with Gasteiger partial charge in [0, 0.05) is 6.54 Å². The molecule has 1 aromatic rings. The number of hydrogen-bond acceptors (Lipinski definition) is 3. The van der Waals surface area contributed by atoms with Gasteiger partial charge in [0.15, 0.2) is 0 Å². The van der Waals surface area contributed by atoms with Gasteiger partial charge in [-0.15, -0.1) is 0 Å². The van der Waals surface area contributed by atoms with Gasteiger partial charge < -0.3 is 5.11 Å². The summed E-state index contributed by atoms with van der Waals surface area (Å²) < 4.78 is 0. The molecule has 17 heavy (non-hydrogen) atoms. The van der Waals surface area contributed by atoms with Gasteiger partial charge in [-0.1, -0.05) is 24.9 Å². The molecule has 2 amide bonds. The second-order valence-corrected chi connectivity index (χ2v) is 4.37. The van der Waals surface area contributed by atoms with E-state index in [-0.39, 0.29) is 33.7 Å². The maximum Gasteiger partial charge on any atom is 0.261 e. The van der Waals surface area contributed by atoms with Crippen LogP contribution in [0.2, 0.25) is 5.02 Å². The average molecular weight is 254 g/mol. The molecule has 0 unspecified atom stereocenters. The topological polar surface area (TPSA) is 57.6 Å². The van der Waals surface area contributed by atoms with Crippen molar-refractivity contribution in [2.75, 3.05) is 6.54 Å². The molecule has 0 fully saturated rings. The van der Waals surface area contributed by atoms with E-state index >= 15 is 0 Å². The van der Waals surface area contributed by atoms with Crippen LogP contribution in [0.25, 0.3) is 0 Å². The van der Waals surface area contributed by atoms with E-state index in [4.69, 9.17) is 11.6 Å². The van der Waals surface area contributed by atoms with Gasteiger partial charge in [-0.25, -0.2) is 0 Å². The monoisotopic (exact) mass is 253 g/mol. The van der Waals surface area contributed by atoms with Crippen LogP contribution in [0.15, 0.2) is 12.1 Å². The maximum absolute atomic E-state index is 11.9. The zero-order chi connectivity index (χ0) is 12.6. The Labute approximate surface area is 104 Å². The molecule has 5 heteroatoms. The van der Waals surface area contributed by atoms with Gasteiger partial charge in [-0.2, -0.15) is 0 Å². The van der Waals surface area contributed by atoms with Gasteiger partial charge in [-0.3, -0.25) is 14.5 Å². The Hall–Kier alpha value is -1.55. The molecular formula is C12H12ClNO3. The number of fused-ring (bicyclic) bond motifs is 1. The number of carbonyl (C=O) groups excluding carboxylic acids is 2. The summed E-state index contributed by atoms with van der Waals surface area (Å²) in [6.07, 6.45) is 1.67. The van der Waals surface area contributed by atoms with Crippen LogP contribution in [0, 0.1) is 0 Å². The molecule has 1 aliphatic rings. The number of rotatable bonds is 3. The van der Waals surface area contributed by atoms with E-state index < -0.39 is 0 Å². The summed E-state index contributed by atoms with van der Waals surface area (Å²) in [6, 6.07) is 2.60. The molecule has 0 aliphatic carbocycles. The molecule has 1 aromatic carbocycles. The number of aromatic hydroxyl groups is 1. The number of hydrogen-bond donors (Lipinski definition) is 1. The second-order valence-electron chi connectivity index (χ2n) is 3.96. The number of imide groups is 1. The molecule has 0 radical (unpaired) electrons. The van der Waals surface area contributed by atoms with Crippen molar-refractivity contribution in [1.29, 1.82) is 0 Å². The lowest BCUT2D eigenvalue weighted by molar-refractivity contribution is 0.0652. The Bertz CT molecular complexity index is 458. The Kier molecular flexibility index (Phi) is 3.07. The average Bonchev–Trinajstić information content (AvgIpc) is 2.51. The van der Waals surface area contributed by atoms with Crippen LogP contribution in [0.1, 0.15) is 40.5 Å². The molecule has 0 aromatic heterocycles. The fraction of sp³-hybridized carbons (Fsp3) is 0.333. The van der Waals surface area contributed by atoms with Gasteiger partial charge in [0.2, 0.25) is 0 Å². The summed E-state index contributed by atoms with van der Waals surface area (Å²) in [6.45, 7) is 2.39. The smallest absolute Gasteiger partial charge is 0.261 e. The van der Waals surface area contributed by atoms with E-state index in [1.807, 2.05) is 6.92 Å². The third-order valence-electron chi connectivity index (χ3n) is 2.77. The Balaban J connectivity index is 2.39. The minimum atomic E-state index is -0.356. The number of amides is 2. The third kappa shape index (κ3) is 1.89. The molecule has 0 atom stereocenters. The first-order valence-corrected chi connectivity index (χ1v) is 5.82. The molecule has 1 aliphatic heterocycles. The first-order chi connectivity index (χ1) is 8.06. The van der Waals surface area contributed by atoms with Crippen molar-refractivity contribution in [3.05, 3.63) is 28.3 Å². The number of unbranched alkanes of at least 4 members (excludes halogenated alkanes) is 1. The van der Waals surface area contributed by atoms with E-state index in [0.29, 0.717) is 6.54 Å². The summed E-state index contributed by atoms with van der Waals surface area (Å²) in [5.74, 6) is -0.866. The van der Waals surface area contributed by atoms with Crippen LogP contribution in [0.5, 0.6) is 5.75 Å². The summed E-state index contributed by atoms with van der Waals surface area (Å²) in [5, 5.41) is 9.52. The highest BCUT2D eigenvalue weighted by molar-refractivity contribution is 6.33. The number of benzene rings is 1. The van der Waals surface area contributed by atoms with Crippen molar-refractivity contribution >= 4 is 23.4 Å². The fourth-order valence-corrected chi connectivity index (χ4v) is 1.98. The molecule has 2 rings (SSSR count). The van der Waals surface area contributed by atoms with Crippen molar-refractivity contribution in [1.82, 2.24) is 4.90 Å². The summed E-state index contributed by atoms with van der Waals surface area (Å²) >= 11 is 5.73. The Morgan fingerprint density at radius 2 is 1.82 bits per heavy atom. The molecule has 1 N–H and O–H groups in total. The first kappa shape index (κ1) is 11.9. The van der Waals surface area contributed by atoms with Crippen molar-refractivity contribution in [2.45, 2.75) is 19.8 Å². The third-order valence-corrected chi connectivity index (χ3v) is 3.08. The highest BCUT2D eigenvalue weighted by Gasteiger charge is 2.35. The van der Waals surface area contributed by atoms with Crippen molar-refractivity contribution in [3.63, 3.8) is 0 Å². The van der Waals surface area contributed by atoms with Gasteiger partial charge in [-0.05, 0) is 18.6 Å². The zero-order valence-electron chi connectivity index (χ0n) is 9.36. The predicted molar refractivity (Wildman–Crippen MR) is 63.4 cm³/mol. The summed E-state index contributed by atoms with van der Waals surface area (Å²) in [7, 11) is 0. The Morgan fingerprint density at radius 1 is 1.24 bits per heavy atom. The number of halogens is 1. The molecule has 0 bridgehead atoms. The predicted octanol–water partition coefficient (Wildman–Crippen LogP) is 2.44.